The number of hydrogen-bond donors (Lipinski definition) is 1. The molecule has 0 aliphatic carbocycles. The normalized spacial score (nSPS) is 10.9. The molecule has 1 rings (SSSR count). The predicted molar refractivity (Wildman–Crippen MR) is 62.4 cm³/mol. The quantitative estimate of drug-likeness (QED) is 0.731. The first-order valence-corrected chi connectivity index (χ1v) is 5.39. The van der Waals surface area contributed by atoms with Crippen LogP contribution in [-0.2, 0) is 6.54 Å². The molecule has 0 radical (unpaired) electrons. The summed E-state index contributed by atoms with van der Waals surface area (Å²) in [6.45, 7) is 4.08. The van der Waals surface area contributed by atoms with Crippen molar-refractivity contribution in [3.8, 4) is 0 Å². The van der Waals surface area contributed by atoms with Crippen molar-refractivity contribution in [2.45, 2.75) is 19.9 Å². The first kappa shape index (κ1) is 12.0. The molecule has 2 nitrogen and oxygen atoms in total. The van der Waals surface area contributed by atoms with E-state index in [0.29, 0.717) is 6.54 Å². The van der Waals surface area contributed by atoms with E-state index in [4.69, 9.17) is 5.73 Å². The molecule has 84 valence electrons. The van der Waals surface area contributed by atoms with Gasteiger partial charge in [-0.3, -0.25) is 4.90 Å². The highest BCUT2D eigenvalue weighted by Crippen LogP contribution is 2.08. The third-order valence-electron chi connectivity index (χ3n) is 2.33. The minimum atomic E-state index is -0.283. The van der Waals surface area contributed by atoms with Crippen molar-refractivity contribution in [2.24, 2.45) is 0 Å². The largest absolute Gasteiger partial charge is 0.399 e. The Morgan fingerprint density at radius 2 is 1.87 bits per heavy atom. The van der Waals surface area contributed by atoms with Gasteiger partial charge in [0.25, 0.3) is 0 Å². The van der Waals surface area contributed by atoms with Gasteiger partial charge in [-0.15, -0.1) is 0 Å². The second-order valence-electron chi connectivity index (χ2n) is 3.71. The van der Waals surface area contributed by atoms with Crippen LogP contribution in [0.25, 0.3) is 0 Å². The Hall–Kier alpha value is -1.09. The topological polar surface area (TPSA) is 29.3 Å². The number of nitrogens with two attached hydrogens (primary N) is 1. The van der Waals surface area contributed by atoms with Gasteiger partial charge < -0.3 is 5.73 Å². The molecule has 0 bridgehead atoms. The van der Waals surface area contributed by atoms with Gasteiger partial charge in [0, 0.05) is 18.8 Å². The zero-order valence-corrected chi connectivity index (χ0v) is 9.25. The average Bonchev–Trinajstić information content (AvgIpc) is 2.22. The molecule has 0 aliphatic heterocycles. The summed E-state index contributed by atoms with van der Waals surface area (Å²) in [4.78, 5) is 2.12. The molecule has 0 aliphatic rings. The summed E-state index contributed by atoms with van der Waals surface area (Å²) in [6, 6.07) is 7.76. The van der Waals surface area contributed by atoms with E-state index >= 15 is 0 Å². The first-order valence-electron chi connectivity index (χ1n) is 5.39. The van der Waals surface area contributed by atoms with Gasteiger partial charge in [-0.05, 0) is 30.7 Å². The Labute approximate surface area is 90.9 Å². The van der Waals surface area contributed by atoms with E-state index < -0.39 is 0 Å². The monoisotopic (exact) mass is 210 g/mol. The smallest absolute Gasteiger partial charge is 0.102 e. The number of nitrogen functional groups attached to an aromatic ring is 1. The molecule has 0 saturated carbocycles. The van der Waals surface area contributed by atoms with Gasteiger partial charge in [0.05, 0.1) is 0 Å². The van der Waals surface area contributed by atoms with Crippen LogP contribution in [-0.4, -0.2) is 24.7 Å². The fourth-order valence-corrected chi connectivity index (χ4v) is 1.59. The highest BCUT2D eigenvalue weighted by atomic mass is 19.1. The van der Waals surface area contributed by atoms with Crippen LogP contribution >= 0.6 is 0 Å². The van der Waals surface area contributed by atoms with Crippen molar-refractivity contribution >= 4 is 5.69 Å². The molecule has 1 aromatic rings. The van der Waals surface area contributed by atoms with Crippen LogP contribution in [0.15, 0.2) is 24.3 Å². The molecule has 0 aromatic heterocycles. The molecule has 0 unspecified atom stereocenters. The third kappa shape index (κ3) is 4.30. The summed E-state index contributed by atoms with van der Waals surface area (Å²) in [5, 5.41) is 0. The molecular formula is C12H19FN2. The van der Waals surface area contributed by atoms with Gasteiger partial charge >= 0.3 is 0 Å². The van der Waals surface area contributed by atoms with Crippen LogP contribution in [0.2, 0.25) is 0 Å². The lowest BCUT2D eigenvalue weighted by Crippen LogP contribution is -2.26. The summed E-state index contributed by atoms with van der Waals surface area (Å²) < 4.78 is 12.3. The molecule has 15 heavy (non-hydrogen) atoms. The SMILES string of the molecule is CCCN(CCF)Cc1ccc(N)cc1. The molecular weight excluding hydrogens is 191 g/mol. The second-order valence-corrected chi connectivity index (χ2v) is 3.71. The summed E-state index contributed by atoms with van der Waals surface area (Å²) in [5.41, 5.74) is 7.56. The van der Waals surface area contributed by atoms with E-state index in [1.807, 2.05) is 24.3 Å². The molecule has 0 amide bonds. The van der Waals surface area contributed by atoms with Gasteiger partial charge in [0.2, 0.25) is 0 Å². The van der Waals surface area contributed by atoms with Gasteiger partial charge in [-0.2, -0.15) is 0 Å². The molecule has 0 fully saturated rings. The molecule has 2 N–H and O–H groups in total. The standard InChI is InChI=1S/C12H19FN2/c1-2-8-15(9-7-13)10-11-3-5-12(14)6-4-11/h3-6H,2,7-10,14H2,1H3. The molecule has 0 atom stereocenters. The number of nitrogens with zero attached hydrogens (tertiary/aromatic N) is 1. The van der Waals surface area contributed by atoms with Crippen LogP contribution in [0.1, 0.15) is 18.9 Å². The Bertz CT molecular complexity index is 265. The first-order chi connectivity index (χ1) is 7.26. The number of benzene rings is 1. The fraction of sp³-hybridized carbons (Fsp3) is 0.500. The summed E-state index contributed by atoms with van der Waals surface area (Å²) in [7, 11) is 0. The molecule has 0 spiro atoms. The summed E-state index contributed by atoms with van der Waals surface area (Å²) in [6.07, 6.45) is 1.05. The van der Waals surface area contributed by atoms with Gasteiger partial charge in [-0.1, -0.05) is 19.1 Å². The van der Waals surface area contributed by atoms with Crippen LogP contribution in [0.4, 0.5) is 10.1 Å². The predicted octanol–water partition coefficient (Wildman–Crippen LogP) is 2.45. The van der Waals surface area contributed by atoms with Crippen LogP contribution in [0.5, 0.6) is 0 Å². The molecule has 1 aromatic carbocycles. The number of anilines is 1. The highest BCUT2D eigenvalue weighted by molar-refractivity contribution is 5.39. The van der Waals surface area contributed by atoms with Crippen LogP contribution in [0.3, 0.4) is 0 Å². The lowest BCUT2D eigenvalue weighted by atomic mass is 10.2. The number of rotatable bonds is 6. The Morgan fingerprint density at radius 3 is 2.40 bits per heavy atom. The maximum absolute atomic E-state index is 12.3. The zero-order chi connectivity index (χ0) is 11.1. The van der Waals surface area contributed by atoms with E-state index in [9.17, 15) is 4.39 Å². The Kier molecular flexibility index (Phi) is 5.12. The van der Waals surface area contributed by atoms with Crippen LogP contribution < -0.4 is 5.73 Å². The van der Waals surface area contributed by atoms with Crippen molar-refractivity contribution < 1.29 is 4.39 Å². The minimum absolute atomic E-state index is 0.283. The molecule has 0 saturated heterocycles. The Morgan fingerprint density at radius 1 is 1.20 bits per heavy atom. The maximum Gasteiger partial charge on any atom is 0.102 e. The van der Waals surface area contributed by atoms with E-state index in [1.165, 1.54) is 5.56 Å². The zero-order valence-electron chi connectivity index (χ0n) is 9.25. The minimum Gasteiger partial charge on any atom is -0.399 e. The lowest BCUT2D eigenvalue weighted by molar-refractivity contribution is 0.240. The Balaban J connectivity index is 2.53. The van der Waals surface area contributed by atoms with Crippen molar-refractivity contribution in [1.82, 2.24) is 4.90 Å². The number of hydrogen-bond acceptors (Lipinski definition) is 2. The third-order valence-corrected chi connectivity index (χ3v) is 2.33. The number of alkyl halides is 1. The van der Waals surface area contributed by atoms with E-state index in [0.717, 1.165) is 25.2 Å². The van der Waals surface area contributed by atoms with Gasteiger partial charge in [0.1, 0.15) is 6.67 Å². The van der Waals surface area contributed by atoms with E-state index in [-0.39, 0.29) is 6.67 Å². The second kappa shape index (κ2) is 6.40. The van der Waals surface area contributed by atoms with Crippen molar-refractivity contribution in [3.05, 3.63) is 29.8 Å². The van der Waals surface area contributed by atoms with Gasteiger partial charge in [0.15, 0.2) is 0 Å². The van der Waals surface area contributed by atoms with E-state index in [2.05, 4.69) is 11.8 Å². The van der Waals surface area contributed by atoms with E-state index in [1.54, 1.807) is 0 Å². The maximum atomic E-state index is 12.3. The summed E-state index contributed by atoms with van der Waals surface area (Å²) >= 11 is 0. The number of halogens is 1. The summed E-state index contributed by atoms with van der Waals surface area (Å²) in [5.74, 6) is 0. The fourth-order valence-electron chi connectivity index (χ4n) is 1.59. The van der Waals surface area contributed by atoms with Crippen molar-refractivity contribution in [3.63, 3.8) is 0 Å². The lowest BCUT2D eigenvalue weighted by Gasteiger charge is -2.20. The van der Waals surface area contributed by atoms with Crippen molar-refractivity contribution in [2.75, 3.05) is 25.5 Å². The van der Waals surface area contributed by atoms with Gasteiger partial charge in [-0.25, -0.2) is 4.39 Å². The molecule has 3 heteroatoms. The highest BCUT2D eigenvalue weighted by Gasteiger charge is 2.04. The molecule has 0 heterocycles. The van der Waals surface area contributed by atoms with Crippen LogP contribution in [0, 0.1) is 0 Å². The average molecular weight is 210 g/mol. The van der Waals surface area contributed by atoms with Crippen molar-refractivity contribution in [1.29, 1.82) is 0 Å².